The molecule has 1 aromatic rings. The lowest BCUT2D eigenvalue weighted by atomic mass is 10.1. The Labute approximate surface area is 84.8 Å². The second-order valence-corrected chi connectivity index (χ2v) is 3.62. The van der Waals surface area contributed by atoms with E-state index in [2.05, 4.69) is 13.0 Å². The number of rotatable bonds is 4. The van der Waals surface area contributed by atoms with Gasteiger partial charge >= 0.3 is 0 Å². The summed E-state index contributed by atoms with van der Waals surface area (Å²) in [6, 6.07) is 8.18. The first-order valence-corrected chi connectivity index (χ1v) is 5.17. The third-order valence-corrected chi connectivity index (χ3v) is 2.53. The highest BCUT2D eigenvalue weighted by molar-refractivity contribution is 5.34. The van der Waals surface area contributed by atoms with Crippen LogP contribution >= 0.6 is 0 Å². The molecule has 0 amide bonds. The number of para-hydroxylation sites is 1. The summed E-state index contributed by atoms with van der Waals surface area (Å²) >= 11 is 0. The van der Waals surface area contributed by atoms with Crippen LogP contribution in [0.3, 0.4) is 0 Å². The number of ether oxygens (including phenoxy) is 2. The van der Waals surface area contributed by atoms with E-state index in [-0.39, 0.29) is 0 Å². The molecule has 2 atom stereocenters. The standard InChI is InChI=1S/C12H16O2/c1-3-13-11-7-5-4-6-10(11)8-12-9(2)14-12/h4-7,9,12H,3,8H2,1-2H3. The molecule has 1 aliphatic heterocycles. The second kappa shape index (κ2) is 4.01. The van der Waals surface area contributed by atoms with E-state index in [0.29, 0.717) is 12.2 Å². The number of hydrogen-bond acceptors (Lipinski definition) is 2. The molecule has 76 valence electrons. The molecular weight excluding hydrogens is 176 g/mol. The largest absolute Gasteiger partial charge is 0.494 e. The Morgan fingerprint density at radius 2 is 2.07 bits per heavy atom. The second-order valence-electron chi connectivity index (χ2n) is 3.62. The van der Waals surface area contributed by atoms with Crippen molar-refractivity contribution < 1.29 is 9.47 Å². The molecule has 0 aliphatic carbocycles. The first-order chi connectivity index (χ1) is 6.81. The summed E-state index contributed by atoms with van der Waals surface area (Å²) in [4.78, 5) is 0. The molecule has 1 aliphatic rings. The van der Waals surface area contributed by atoms with Crippen molar-refractivity contribution in [1.29, 1.82) is 0 Å². The van der Waals surface area contributed by atoms with Crippen molar-refractivity contribution in [2.45, 2.75) is 32.5 Å². The average Bonchev–Trinajstić information content (AvgIpc) is 2.86. The SMILES string of the molecule is CCOc1ccccc1CC1OC1C. The molecule has 0 N–H and O–H groups in total. The van der Waals surface area contributed by atoms with E-state index in [1.54, 1.807) is 0 Å². The normalized spacial score (nSPS) is 24.7. The predicted molar refractivity (Wildman–Crippen MR) is 55.7 cm³/mol. The highest BCUT2D eigenvalue weighted by atomic mass is 16.6. The van der Waals surface area contributed by atoms with Crippen LogP contribution in [0.5, 0.6) is 5.75 Å². The quantitative estimate of drug-likeness (QED) is 0.683. The summed E-state index contributed by atoms with van der Waals surface area (Å²) in [5, 5.41) is 0. The van der Waals surface area contributed by atoms with E-state index in [1.807, 2.05) is 25.1 Å². The van der Waals surface area contributed by atoms with Crippen molar-refractivity contribution >= 4 is 0 Å². The summed E-state index contributed by atoms with van der Waals surface area (Å²) in [6.07, 6.45) is 1.79. The molecule has 14 heavy (non-hydrogen) atoms. The molecule has 1 saturated heterocycles. The summed E-state index contributed by atoms with van der Waals surface area (Å²) in [7, 11) is 0. The molecule has 2 rings (SSSR count). The fourth-order valence-corrected chi connectivity index (χ4v) is 1.63. The van der Waals surface area contributed by atoms with Gasteiger partial charge in [-0.1, -0.05) is 18.2 Å². The Kier molecular flexibility index (Phi) is 2.73. The van der Waals surface area contributed by atoms with E-state index in [0.717, 1.165) is 18.8 Å². The molecule has 1 heterocycles. The van der Waals surface area contributed by atoms with Crippen LogP contribution in [0.1, 0.15) is 19.4 Å². The minimum atomic E-state index is 0.400. The molecule has 2 heteroatoms. The van der Waals surface area contributed by atoms with Gasteiger partial charge in [0.2, 0.25) is 0 Å². The topological polar surface area (TPSA) is 21.8 Å². The maximum absolute atomic E-state index is 5.55. The Balaban J connectivity index is 2.06. The van der Waals surface area contributed by atoms with E-state index < -0.39 is 0 Å². The predicted octanol–water partition coefficient (Wildman–Crippen LogP) is 2.42. The van der Waals surface area contributed by atoms with E-state index >= 15 is 0 Å². The van der Waals surface area contributed by atoms with E-state index in [4.69, 9.17) is 9.47 Å². The van der Waals surface area contributed by atoms with Crippen LogP contribution in [-0.2, 0) is 11.2 Å². The maximum atomic E-state index is 5.55. The molecule has 2 unspecified atom stereocenters. The Morgan fingerprint density at radius 3 is 2.71 bits per heavy atom. The van der Waals surface area contributed by atoms with Crippen LogP contribution in [0.4, 0.5) is 0 Å². The summed E-state index contributed by atoms with van der Waals surface area (Å²) in [6.45, 7) is 4.83. The molecule has 1 fully saturated rings. The van der Waals surface area contributed by atoms with Crippen molar-refractivity contribution in [3.63, 3.8) is 0 Å². The van der Waals surface area contributed by atoms with Crippen molar-refractivity contribution in [2.75, 3.05) is 6.61 Å². The molecule has 0 aromatic heterocycles. The van der Waals surface area contributed by atoms with Gasteiger partial charge in [0.25, 0.3) is 0 Å². The zero-order valence-electron chi connectivity index (χ0n) is 8.69. The van der Waals surface area contributed by atoms with E-state index in [1.165, 1.54) is 5.56 Å². The first kappa shape index (κ1) is 9.53. The van der Waals surface area contributed by atoms with Gasteiger partial charge in [-0.15, -0.1) is 0 Å². The average molecular weight is 192 g/mol. The van der Waals surface area contributed by atoms with E-state index in [9.17, 15) is 0 Å². The zero-order chi connectivity index (χ0) is 9.97. The summed E-state index contributed by atoms with van der Waals surface area (Å²) in [5.41, 5.74) is 1.25. The minimum Gasteiger partial charge on any atom is -0.494 e. The van der Waals surface area contributed by atoms with Crippen LogP contribution in [-0.4, -0.2) is 18.8 Å². The monoisotopic (exact) mass is 192 g/mol. The lowest BCUT2D eigenvalue weighted by Gasteiger charge is -2.08. The molecule has 1 aromatic carbocycles. The molecular formula is C12H16O2. The Bertz CT molecular complexity index is 309. The van der Waals surface area contributed by atoms with Gasteiger partial charge in [0.15, 0.2) is 0 Å². The van der Waals surface area contributed by atoms with Crippen LogP contribution in [0, 0.1) is 0 Å². The number of hydrogen-bond donors (Lipinski definition) is 0. The van der Waals surface area contributed by atoms with Crippen molar-refractivity contribution in [2.24, 2.45) is 0 Å². The van der Waals surface area contributed by atoms with Gasteiger partial charge < -0.3 is 9.47 Å². The van der Waals surface area contributed by atoms with Crippen LogP contribution in [0.2, 0.25) is 0 Å². The molecule has 2 nitrogen and oxygen atoms in total. The van der Waals surface area contributed by atoms with Gasteiger partial charge in [0, 0.05) is 6.42 Å². The van der Waals surface area contributed by atoms with Gasteiger partial charge in [-0.25, -0.2) is 0 Å². The first-order valence-electron chi connectivity index (χ1n) is 5.17. The van der Waals surface area contributed by atoms with Crippen molar-refractivity contribution in [3.8, 4) is 5.75 Å². The summed E-state index contributed by atoms with van der Waals surface area (Å²) < 4.78 is 10.9. The fraction of sp³-hybridized carbons (Fsp3) is 0.500. The lowest BCUT2D eigenvalue weighted by molar-refractivity contribution is 0.332. The fourth-order valence-electron chi connectivity index (χ4n) is 1.63. The van der Waals surface area contributed by atoms with Crippen LogP contribution < -0.4 is 4.74 Å². The number of benzene rings is 1. The third kappa shape index (κ3) is 2.07. The molecule has 0 saturated carbocycles. The zero-order valence-corrected chi connectivity index (χ0v) is 8.69. The van der Waals surface area contributed by atoms with Crippen molar-refractivity contribution in [3.05, 3.63) is 29.8 Å². The highest BCUT2D eigenvalue weighted by Crippen LogP contribution is 2.29. The Hall–Kier alpha value is -1.02. The molecule has 0 spiro atoms. The van der Waals surface area contributed by atoms with Gasteiger partial charge in [-0.3, -0.25) is 0 Å². The number of epoxide rings is 1. The van der Waals surface area contributed by atoms with Crippen LogP contribution in [0.15, 0.2) is 24.3 Å². The maximum Gasteiger partial charge on any atom is 0.122 e. The molecule has 0 bridgehead atoms. The third-order valence-electron chi connectivity index (χ3n) is 2.53. The Morgan fingerprint density at radius 1 is 1.36 bits per heavy atom. The minimum absolute atomic E-state index is 0.400. The molecule has 0 radical (unpaired) electrons. The van der Waals surface area contributed by atoms with Gasteiger partial charge in [-0.05, 0) is 25.5 Å². The highest BCUT2D eigenvalue weighted by Gasteiger charge is 2.34. The van der Waals surface area contributed by atoms with Gasteiger partial charge in [0.05, 0.1) is 18.8 Å². The van der Waals surface area contributed by atoms with Crippen LogP contribution in [0.25, 0.3) is 0 Å². The summed E-state index contributed by atoms with van der Waals surface area (Å²) in [5.74, 6) is 0.998. The lowest BCUT2D eigenvalue weighted by Crippen LogP contribution is -2.01. The van der Waals surface area contributed by atoms with Crippen molar-refractivity contribution in [1.82, 2.24) is 0 Å². The van der Waals surface area contributed by atoms with Gasteiger partial charge in [-0.2, -0.15) is 0 Å². The smallest absolute Gasteiger partial charge is 0.122 e. The van der Waals surface area contributed by atoms with Gasteiger partial charge in [0.1, 0.15) is 5.75 Å².